The maximum absolute atomic E-state index is 13.3. The molecule has 3 heterocycles. The van der Waals surface area contributed by atoms with E-state index < -0.39 is 36.8 Å². The maximum Gasteiger partial charge on any atom is 0.309 e. The highest BCUT2D eigenvalue weighted by Gasteiger charge is 2.50. The smallest absolute Gasteiger partial charge is 0.309 e. The molecular formula is C27H27ClF2N4O3. The molecule has 3 aliphatic rings. The molecule has 0 saturated heterocycles. The lowest BCUT2D eigenvalue weighted by Gasteiger charge is -2.33. The molecule has 0 N–H and O–H groups in total. The highest BCUT2D eigenvalue weighted by molar-refractivity contribution is 6.30. The number of halogens is 3. The number of carbonyl (C=O) groups is 1. The summed E-state index contributed by atoms with van der Waals surface area (Å²) in [5.74, 6) is -1.69. The topological polar surface area (TPSA) is 79.1 Å². The Morgan fingerprint density at radius 2 is 1.84 bits per heavy atom. The Labute approximate surface area is 218 Å². The Hall–Kier alpha value is -3.07. The van der Waals surface area contributed by atoms with E-state index in [1.807, 2.05) is 36.4 Å². The van der Waals surface area contributed by atoms with Crippen LogP contribution in [0.1, 0.15) is 61.7 Å². The number of pyridine rings is 1. The standard InChI is InChI=1S/C27H27ClF2N4O3/c28-19-6-9-22-17(11-19)12-21(37-26(35)18-14-27(29,30)15-18)13-23-32-33-25(34(22)23)16-4-7-20(8-5-16)36-24-3-1-2-10-31-24/h1-3,6,9-11,16,18,20-21H,4-5,7-8,12-15H2/t16-,20-,21?. The van der Waals surface area contributed by atoms with Crippen molar-refractivity contribution in [2.75, 3.05) is 0 Å². The Morgan fingerprint density at radius 1 is 1.03 bits per heavy atom. The number of hydrogen-bond donors (Lipinski definition) is 0. The Kier molecular flexibility index (Phi) is 6.34. The first-order chi connectivity index (χ1) is 17.8. The monoisotopic (exact) mass is 528 g/mol. The van der Waals surface area contributed by atoms with Crippen LogP contribution in [0, 0.1) is 5.92 Å². The second kappa shape index (κ2) is 9.67. The normalized spacial score (nSPS) is 24.8. The lowest BCUT2D eigenvalue weighted by Crippen LogP contribution is -2.42. The minimum absolute atomic E-state index is 0.103. The summed E-state index contributed by atoms with van der Waals surface area (Å²) in [5.41, 5.74) is 1.83. The number of esters is 1. The van der Waals surface area contributed by atoms with E-state index in [9.17, 15) is 13.6 Å². The number of benzene rings is 1. The second-order valence-corrected chi connectivity index (χ2v) is 10.7. The summed E-state index contributed by atoms with van der Waals surface area (Å²) in [5, 5.41) is 9.64. The summed E-state index contributed by atoms with van der Waals surface area (Å²) in [6, 6.07) is 11.3. The molecule has 1 atom stereocenters. The predicted octanol–water partition coefficient (Wildman–Crippen LogP) is 5.48. The zero-order chi connectivity index (χ0) is 25.6. The van der Waals surface area contributed by atoms with Crippen molar-refractivity contribution in [2.24, 2.45) is 5.92 Å². The van der Waals surface area contributed by atoms with Gasteiger partial charge in [0.1, 0.15) is 23.9 Å². The molecule has 0 spiro atoms. The predicted molar refractivity (Wildman–Crippen MR) is 131 cm³/mol. The van der Waals surface area contributed by atoms with Crippen LogP contribution in [0.2, 0.25) is 5.02 Å². The zero-order valence-electron chi connectivity index (χ0n) is 20.2. The van der Waals surface area contributed by atoms with Crippen LogP contribution >= 0.6 is 11.6 Å². The summed E-state index contributed by atoms with van der Waals surface area (Å²) >= 11 is 6.32. The van der Waals surface area contributed by atoms with Crippen LogP contribution in [0.3, 0.4) is 0 Å². The molecule has 3 aromatic rings. The molecule has 2 fully saturated rings. The molecule has 0 radical (unpaired) electrons. The third kappa shape index (κ3) is 5.06. The minimum atomic E-state index is -2.77. The average molecular weight is 529 g/mol. The molecule has 37 heavy (non-hydrogen) atoms. The van der Waals surface area contributed by atoms with Gasteiger partial charge in [0, 0.05) is 48.9 Å². The van der Waals surface area contributed by atoms with Crippen LogP contribution in [-0.2, 0) is 22.4 Å². The summed E-state index contributed by atoms with van der Waals surface area (Å²) in [6.07, 6.45) is 4.73. The number of aromatic nitrogens is 4. The van der Waals surface area contributed by atoms with E-state index in [4.69, 9.17) is 21.1 Å². The van der Waals surface area contributed by atoms with Crippen LogP contribution in [0.15, 0.2) is 42.6 Å². The van der Waals surface area contributed by atoms with Crippen LogP contribution in [0.4, 0.5) is 8.78 Å². The highest BCUT2D eigenvalue weighted by Crippen LogP contribution is 2.43. The molecule has 0 amide bonds. The number of carbonyl (C=O) groups excluding carboxylic acids is 1. The summed E-state index contributed by atoms with van der Waals surface area (Å²) < 4.78 is 40.4. The van der Waals surface area contributed by atoms with Crippen molar-refractivity contribution in [3.63, 3.8) is 0 Å². The van der Waals surface area contributed by atoms with Crippen molar-refractivity contribution in [2.45, 2.75) is 75.4 Å². The second-order valence-electron chi connectivity index (χ2n) is 10.3. The molecule has 10 heteroatoms. The van der Waals surface area contributed by atoms with E-state index in [1.54, 1.807) is 6.20 Å². The summed E-state index contributed by atoms with van der Waals surface area (Å²) in [7, 11) is 0. The van der Waals surface area contributed by atoms with Crippen molar-refractivity contribution in [3.8, 4) is 11.6 Å². The molecule has 7 nitrogen and oxygen atoms in total. The van der Waals surface area contributed by atoms with E-state index in [1.165, 1.54) is 0 Å². The summed E-state index contributed by atoms with van der Waals surface area (Å²) in [4.78, 5) is 16.8. The number of rotatable bonds is 5. The first-order valence-corrected chi connectivity index (χ1v) is 13.1. The van der Waals surface area contributed by atoms with Crippen LogP contribution in [0.5, 0.6) is 5.88 Å². The maximum atomic E-state index is 13.3. The van der Waals surface area contributed by atoms with E-state index in [0.29, 0.717) is 29.6 Å². The molecule has 1 aromatic carbocycles. The van der Waals surface area contributed by atoms with Gasteiger partial charge in [-0.2, -0.15) is 0 Å². The van der Waals surface area contributed by atoms with Gasteiger partial charge in [-0.15, -0.1) is 10.2 Å². The number of nitrogens with zero attached hydrogens (tertiary/aromatic N) is 4. The molecule has 2 aromatic heterocycles. The largest absolute Gasteiger partial charge is 0.474 e. The van der Waals surface area contributed by atoms with Gasteiger partial charge in [-0.3, -0.25) is 9.36 Å². The van der Waals surface area contributed by atoms with Crippen molar-refractivity contribution in [3.05, 3.63) is 64.8 Å². The number of hydrogen-bond acceptors (Lipinski definition) is 6. The molecule has 1 unspecified atom stereocenters. The molecule has 2 saturated carbocycles. The molecule has 6 rings (SSSR count). The van der Waals surface area contributed by atoms with E-state index in [2.05, 4.69) is 19.7 Å². The molecular weight excluding hydrogens is 502 g/mol. The summed E-state index contributed by atoms with van der Waals surface area (Å²) in [6.45, 7) is 0. The molecule has 2 aliphatic carbocycles. The highest BCUT2D eigenvalue weighted by atomic mass is 35.5. The first kappa shape index (κ1) is 24.3. The number of ether oxygens (including phenoxy) is 2. The Morgan fingerprint density at radius 3 is 2.57 bits per heavy atom. The van der Waals surface area contributed by atoms with E-state index in [0.717, 1.165) is 42.8 Å². The van der Waals surface area contributed by atoms with Gasteiger partial charge in [-0.1, -0.05) is 17.7 Å². The zero-order valence-corrected chi connectivity index (χ0v) is 20.9. The van der Waals surface area contributed by atoms with Crippen molar-refractivity contribution in [1.82, 2.24) is 19.7 Å². The molecule has 1 aliphatic heterocycles. The van der Waals surface area contributed by atoms with E-state index >= 15 is 0 Å². The first-order valence-electron chi connectivity index (χ1n) is 12.7. The fourth-order valence-electron chi connectivity index (χ4n) is 5.64. The van der Waals surface area contributed by atoms with Gasteiger partial charge in [-0.25, -0.2) is 13.8 Å². The van der Waals surface area contributed by atoms with Gasteiger partial charge in [-0.05, 0) is 55.5 Å². The number of alkyl halides is 2. The van der Waals surface area contributed by atoms with Gasteiger partial charge in [0.05, 0.1) is 11.6 Å². The number of fused-ring (bicyclic) bond motifs is 3. The molecule has 0 bridgehead atoms. The third-order valence-corrected chi connectivity index (χ3v) is 7.80. The fourth-order valence-corrected chi connectivity index (χ4v) is 5.84. The Bertz CT molecular complexity index is 1290. The van der Waals surface area contributed by atoms with Crippen LogP contribution in [-0.4, -0.2) is 43.8 Å². The van der Waals surface area contributed by atoms with Crippen molar-refractivity contribution in [1.29, 1.82) is 0 Å². The SMILES string of the molecule is O=C(OC1Cc2cc(Cl)ccc2-n2c(nnc2[C@H]2CC[C@H](Oc3ccccn3)CC2)C1)C1CC(F)(F)C1. The average Bonchev–Trinajstić information content (AvgIpc) is 3.20. The quantitative estimate of drug-likeness (QED) is 0.408. The Balaban J connectivity index is 1.21. The lowest BCUT2D eigenvalue weighted by atomic mass is 9.81. The van der Waals surface area contributed by atoms with Crippen molar-refractivity contribution < 1.29 is 23.0 Å². The van der Waals surface area contributed by atoms with Crippen LogP contribution < -0.4 is 4.74 Å². The van der Waals surface area contributed by atoms with Gasteiger partial charge >= 0.3 is 5.97 Å². The third-order valence-electron chi connectivity index (χ3n) is 7.57. The van der Waals surface area contributed by atoms with Gasteiger partial charge < -0.3 is 9.47 Å². The minimum Gasteiger partial charge on any atom is -0.474 e. The van der Waals surface area contributed by atoms with Crippen LogP contribution in [0.25, 0.3) is 5.69 Å². The van der Waals surface area contributed by atoms with Crippen molar-refractivity contribution >= 4 is 17.6 Å². The van der Waals surface area contributed by atoms with Gasteiger partial charge in [0.15, 0.2) is 0 Å². The van der Waals surface area contributed by atoms with Gasteiger partial charge in [0.2, 0.25) is 11.8 Å². The van der Waals surface area contributed by atoms with E-state index in [-0.39, 0.29) is 12.0 Å². The van der Waals surface area contributed by atoms with Gasteiger partial charge in [0.25, 0.3) is 0 Å². The lowest BCUT2D eigenvalue weighted by molar-refractivity contribution is -0.176. The molecule has 194 valence electrons. The fraction of sp³-hybridized carbons (Fsp3) is 0.481.